The highest BCUT2D eigenvalue weighted by Gasteiger charge is 2.50. The highest BCUT2D eigenvalue weighted by molar-refractivity contribution is 5.48. The Morgan fingerprint density at radius 1 is 0.889 bits per heavy atom. The van der Waals surface area contributed by atoms with Crippen molar-refractivity contribution in [3.8, 4) is 0 Å². The van der Waals surface area contributed by atoms with Crippen molar-refractivity contribution in [2.45, 2.75) is 72.0 Å². The first-order chi connectivity index (χ1) is 7.99. The Bertz CT molecular complexity index is 493. The topological polar surface area (TPSA) is 9.23 Å². The van der Waals surface area contributed by atoms with Crippen molar-refractivity contribution in [2.24, 2.45) is 0 Å². The normalized spacial score (nSPS) is 23.6. The number of hydrogen-bond donors (Lipinski definition) is 0. The molecule has 1 aromatic carbocycles. The van der Waals surface area contributed by atoms with E-state index in [1.807, 2.05) is 0 Å². The van der Waals surface area contributed by atoms with E-state index in [0.717, 1.165) is 0 Å². The molecular formula is C17H26O. The zero-order valence-electron chi connectivity index (χ0n) is 13.1. The summed E-state index contributed by atoms with van der Waals surface area (Å²) in [6.45, 7) is 17.8. The van der Waals surface area contributed by atoms with Crippen LogP contribution in [0.25, 0.3) is 0 Å². The minimum Gasteiger partial charge on any atom is -0.364 e. The first-order valence-electron chi connectivity index (χ1n) is 6.81. The fourth-order valence-electron chi connectivity index (χ4n) is 3.39. The second-order valence-corrected chi connectivity index (χ2v) is 7.25. The van der Waals surface area contributed by atoms with Gasteiger partial charge in [-0.15, -0.1) is 0 Å². The van der Waals surface area contributed by atoms with Crippen LogP contribution in [0.1, 0.15) is 63.8 Å². The lowest BCUT2D eigenvalue weighted by Crippen LogP contribution is -2.54. The summed E-state index contributed by atoms with van der Waals surface area (Å²) >= 11 is 0. The molecule has 1 aliphatic rings. The molecule has 0 amide bonds. The summed E-state index contributed by atoms with van der Waals surface area (Å²) in [6, 6.07) is 4.58. The molecule has 0 saturated carbocycles. The smallest absolute Gasteiger partial charge is 0.0886 e. The number of aryl methyl sites for hydroxylation is 2. The van der Waals surface area contributed by atoms with Gasteiger partial charge in [-0.3, -0.25) is 0 Å². The van der Waals surface area contributed by atoms with Crippen molar-refractivity contribution in [3.05, 3.63) is 34.4 Å². The molecule has 1 aliphatic heterocycles. The lowest BCUT2D eigenvalue weighted by Gasteiger charge is -2.53. The zero-order chi connectivity index (χ0) is 13.9. The lowest BCUT2D eigenvalue weighted by molar-refractivity contribution is -0.173. The summed E-state index contributed by atoms with van der Waals surface area (Å²) in [6.07, 6.45) is 0. The molecule has 0 aliphatic carbocycles. The van der Waals surface area contributed by atoms with Crippen molar-refractivity contribution < 1.29 is 4.74 Å². The molecule has 1 nitrogen and oxygen atoms in total. The molecule has 0 saturated heterocycles. The molecule has 0 spiro atoms. The maximum absolute atomic E-state index is 6.41. The summed E-state index contributed by atoms with van der Waals surface area (Å²) in [5.41, 5.74) is 5.17. The van der Waals surface area contributed by atoms with E-state index in [4.69, 9.17) is 4.74 Å². The SMILES string of the molecule is Cc1cc(C)c2c(c1)C(C)(C)OC(C)(C)C2(C)C. The Balaban J connectivity index is 2.83. The molecule has 0 atom stereocenters. The predicted octanol–water partition coefficient (Wildman–Crippen LogP) is 4.62. The van der Waals surface area contributed by atoms with Gasteiger partial charge >= 0.3 is 0 Å². The van der Waals surface area contributed by atoms with E-state index < -0.39 is 0 Å². The second-order valence-electron chi connectivity index (χ2n) is 7.25. The largest absolute Gasteiger partial charge is 0.364 e. The van der Waals surface area contributed by atoms with Gasteiger partial charge in [0.15, 0.2) is 0 Å². The van der Waals surface area contributed by atoms with Gasteiger partial charge in [0.25, 0.3) is 0 Å². The molecule has 18 heavy (non-hydrogen) atoms. The van der Waals surface area contributed by atoms with E-state index in [9.17, 15) is 0 Å². The maximum Gasteiger partial charge on any atom is 0.0886 e. The average Bonchev–Trinajstić information content (AvgIpc) is 2.11. The molecule has 1 heterocycles. The van der Waals surface area contributed by atoms with Crippen LogP contribution in [0, 0.1) is 13.8 Å². The molecular weight excluding hydrogens is 220 g/mol. The monoisotopic (exact) mass is 246 g/mol. The molecule has 0 fully saturated rings. The van der Waals surface area contributed by atoms with E-state index in [-0.39, 0.29) is 16.6 Å². The standard InChI is InChI=1S/C17H26O/c1-11-9-12(2)14-13(10-11)16(5,6)18-17(7,8)15(14,3)4/h9-10H,1-8H3. The quantitative estimate of drug-likeness (QED) is 0.649. The number of ether oxygens (including phenoxy) is 1. The number of fused-ring (bicyclic) bond motifs is 1. The van der Waals surface area contributed by atoms with Crippen LogP contribution in [0.5, 0.6) is 0 Å². The molecule has 0 unspecified atom stereocenters. The average molecular weight is 246 g/mol. The fourth-order valence-corrected chi connectivity index (χ4v) is 3.39. The summed E-state index contributed by atoms with van der Waals surface area (Å²) in [5, 5.41) is 0. The second kappa shape index (κ2) is 3.60. The van der Waals surface area contributed by atoms with Crippen molar-refractivity contribution in [3.63, 3.8) is 0 Å². The highest BCUT2D eigenvalue weighted by Crippen LogP contribution is 2.51. The van der Waals surface area contributed by atoms with Crippen LogP contribution < -0.4 is 0 Å². The Hall–Kier alpha value is -0.820. The maximum atomic E-state index is 6.41. The minimum atomic E-state index is -0.217. The Labute approximate surface area is 112 Å². The van der Waals surface area contributed by atoms with Crippen molar-refractivity contribution >= 4 is 0 Å². The summed E-state index contributed by atoms with van der Waals surface area (Å²) in [5.74, 6) is 0. The minimum absolute atomic E-state index is 0.0234. The Morgan fingerprint density at radius 2 is 1.44 bits per heavy atom. The molecule has 0 N–H and O–H groups in total. The van der Waals surface area contributed by atoms with Gasteiger partial charge in [-0.1, -0.05) is 31.5 Å². The predicted molar refractivity (Wildman–Crippen MR) is 77.1 cm³/mol. The van der Waals surface area contributed by atoms with E-state index in [2.05, 4.69) is 67.5 Å². The van der Waals surface area contributed by atoms with Gasteiger partial charge < -0.3 is 4.74 Å². The Kier molecular flexibility index (Phi) is 2.72. The van der Waals surface area contributed by atoms with Crippen molar-refractivity contribution in [2.75, 3.05) is 0 Å². The van der Waals surface area contributed by atoms with E-state index in [0.29, 0.717) is 0 Å². The van der Waals surface area contributed by atoms with Gasteiger partial charge in [0.05, 0.1) is 11.2 Å². The highest BCUT2D eigenvalue weighted by atomic mass is 16.5. The lowest BCUT2D eigenvalue weighted by atomic mass is 9.64. The zero-order valence-corrected chi connectivity index (χ0v) is 13.1. The van der Waals surface area contributed by atoms with Crippen molar-refractivity contribution in [1.82, 2.24) is 0 Å². The van der Waals surface area contributed by atoms with E-state index in [1.54, 1.807) is 0 Å². The van der Waals surface area contributed by atoms with Crippen LogP contribution in [0.15, 0.2) is 12.1 Å². The number of rotatable bonds is 0. The van der Waals surface area contributed by atoms with Crippen LogP contribution in [-0.4, -0.2) is 5.60 Å². The van der Waals surface area contributed by atoms with Gasteiger partial charge in [0.2, 0.25) is 0 Å². The summed E-state index contributed by atoms with van der Waals surface area (Å²) in [7, 11) is 0. The first-order valence-corrected chi connectivity index (χ1v) is 6.81. The van der Waals surface area contributed by atoms with Crippen LogP contribution in [0.4, 0.5) is 0 Å². The molecule has 1 heteroatoms. The first kappa shape index (κ1) is 13.6. The molecule has 100 valence electrons. The third-order valence-electron chi connectivity index (χ3n) is 4.77. The Morgan fingerprint density at radius 3 is 2.00 bits per heavy atom. The summed E-state index contributed by atoms with van der Waals surface area (Å²) in [4.78, 5) is 0. The van der Waals surface area contributed by atoms with Crippen molar-refractivity contribution in [1.29, 1.82) is 0 Å². The van der Waals surface area contributed by atoms with E-state index in [1.165, 1.54) is 22.3 Å². The van der Waals surface area contributed by atoms with Crippen LogP contribution in [0.3, 0.4) is 0 Å². The molecule has 2 rings (SSSR count). The fraction of sp³-hybridized carbons (Fsp3) is 0.647. The van der Waals surface area contributed by atoms with E-state index >= 15 is 0 Å². The summed E-state index contributed by atoms with van der Waals surface area (Å²) < 4.78 is 6.41. The number of hydrogen-bond acceptors (Lipinski definition) is 1. The molecule has 1 aromatic rings. The van der Waals surface area contributed by atoms with Gasteiger partial charge in [-0.2, -0.15) is 0 Å². The van der Waals surface area contributed by atoms with Gasteiger partial charge in [0.1, 0.15) is 0 Å². The third kappa shape index (κ3) is 1.72. The van der Waals surface area contributed by atoms with Crippen LogP contribution >= 0.6 is 0 Å². The van der Waals surface area contributed by atoms with Gasteiger partial charge in [-0.25, -0.2) is 0 Å². The van der Waals surface area contributed by atoms with Gasteiger partial charge in [-0.05, 0) is 58.2 Å². The third-order valence-corrected chi connectivity index (χ3v) is 4.77. The van der Waals surface area contributed by atoms with Crippen LogP contribution in [-0.2, 0) is 15.8 Å². The molecule has 0 radical (unpaired) electrons. The van der Waals surface area contributed by atoms with Crippen LogP contribution in [0.2, 0.25) is 0 Å². The number of benzene rings is 1. The molecule has 0 aromatic heterocycles. The molecule has 0 bridgehead atoms. The van der Waals surface area contributed by atoms with Gasteiger partial charge in [0, 0.05) is 5.41 Å².